The Labute approximate surface area is 207 Å². The molecule has 0 fully saturated rings. The van der Waals surface area contributed by atoms with Crippen LogP contribution in [0.15, 0.2) is 88.3 Å². The molecule has 2 N–H and O–H groups in total. The fourth-order valence-corrected chi connectivity index (χ4v) is 3.98. The van der Waals surface area contributed by atoms with Gasteiger partial charge >= 0.3 is 0 Å². The number of ether oxygens (including phenoxy) is 2. The molecule has 1 aliphatic rings. The number of amides is 1. The van der Waals surface area contributed by atoms with Crippen molar-refractivity contribution in [1.29, 1.82) is 0 Å². The number of rotatable bonds is 10. The van der Waals surface area contributed by atoms with E-state index in [0.717, 1.165) is 21.2 Å². The Morgan fingerprint density at radius 1 is 1.03 bits per heavy atom. The molecule has 176 valence electrons. The number of halogens is 1. The van der Waals surface area contributed by atoms with Crippen LogP contribution < -0.4 is 10.1 Å². The van der Waals surface area contributed by atoms with Gasteiger partial charge in [-0.2, -0.15) is 0 Å². The van der Waals surface area contributed by atoms with Crippen LogP contribution in [0.25, 0.3) is 0 Å². The summed E-state index contributed by atoms with van der Waals surface area (Å²) in [5.41, 5.74) is 1.74. The zero-order valence-corrected chi connectivity index (χ0v) is 20.3. The van der Waals surface area contributed by atoms with E-state index in [9.17, 15) is 4.79 Å². The first kappa shape index (κ1) is 24.0. The Hall–Kier alpha value is -3.16. The normalized spacial score (nSPS) is 17.1. The Bertz CT molecular complexity index is 1120. The van der Waals surface area contributed by atoms with Gasteiger partial charge in [0.15, 0.2) is 5.54 Å². The van der Waals surface area contributed by atoms with Crippen molar-refractivity contribution in [3.05, 3.63) is 100 Å². The smallest absolute Gasteiger partial charge is 0.252 e. The number of hydrogen-bond acceptors (Lipinski definition) is 5. The van der Waals surface area contributed by atoms with Crippen molar-refractivity contribution in [2.24, 2.45) is 4.99 Å². The molecule has 0 saturated heterocycles. The van der Waals surface area contributed by atoms with Gasteiger partial charge in [-0.1, -0.05) is 58.4 Å². The van der Waals surface area contributed by atoms with Crippen LogP contribution in [-0.4, -0.2) is 42.3 Å². The molecular formula is C27H27BrN2O4. The summed E-state index contributed by atoms with van der Waals surface area (Å²) < 4.78 is 12.5. The first-order valence-corrected chi connectivity index (χ1v) is 12.0. The van der Waals surface area contributed by atoms with E-state index in [-0.39, 0.29) is 19.1 Å². The van der Waals surface area contributed by atoms with E-state index in [1.807, 2.05) is 78.9 Å². The largest absolute Gasteiger partial charge is 0.494 e. The number of aliphatic hydroxyl groups excluding tert-OH is 1. The summed E-state index contributed by atoms with van der Waals surface area (Å²) in [7, 11) is 0. The van der Waals surface area contributed by atoms with Gasteiger partial charge in [-0.25, -0.2) is 4.99 Å². The standard InChI is InChI=1S/C27H27BrN2O4/c28-23-11-7-20(8-12-23)17-27(26(32)29-18-21-5-2-1-3-6-21)19-34-25(30-27)22-9-13-24(14-10-22)33-16-4-15-31/h1-3,5-14,31H,4,15-19H2,(H,29,32)/t27-/m1/s1. The molecular weight excluding hydrogens is 496 g/mol. The summed E-state index contributed by atoms with van der Waals surface area (Å²) in [4.78, 5) is 18.3. The molecule has 1 aliphatic heterocycles. The average molecular weight is 523 g/mol. The number of aliphatic hydroxyl groups is 1. The van der Waals surface area contributed by atoms with Crippen LogP contribution in [0.4, 0.5) is 0 Å². The summed E-state index contributed by atoms with van der Waals surface area (Å²) in [6.45, 7) is 1.13. The van der Waals surface area contributed by atoms with Crippen molar-refractivity contribution >= 4 is 27.7 Å². The van der Waals surface area contributed by atoms with E-state index in [1.165, 1.54) is 0 Å². The van der Waals surface area contributed by atoms with Crippen LogP contribution in [-0.2, 0) is 22.5 Å². The number of carbonyl (C=O) groups excluding carboxylic acids is 1. The summed E-state index contributed by atoms with van der Waals surface area (Å²) in [6, 6.07) is 25.1. The first-order chi connectivity index (χ1) is 16.6. The molecule has 1 amide bonds. The highest BCUT2D eigenvalue weighted by Crippen LogP contribution is 2.28. The number of nitrogens with zero attached hydrogens (tertiary/aromatic N) is 1. The van der Waals surface area contributed by atoms with Crippen molar-refractivity contribution in [2.75, 3.05) is 19.8 Å². The van der Waals surface area contributed by atoms with Crippen molar-refractivity contribution in [1.82, 2.24) is 5.32 Å². The van der Waals surface area contributed by atoms with Crippen molar-refractivity contribution in [3.63, 3.8) is 0 Å². The molecule has 6 nitrogen and oxygen atoms in total. The topological polar surface area (TPSA) is 80.2 Å². The van der Waals surface area contributed by atoms with Gasteiger partial charge in [0.25, 0.3) is 5.91 Å². The highest BCUT2D eigenvalue weighted by Gasteiger charge is 2.44. The third kappa shape index (κ3) is 6.04. The lowest BCUT2D eigenvalue weighted by molar-refractivity contribution is -0.126. The number of benzene rings is 3. The minimum absolute atomic E-state index is 0.0928. The van der Waals surface area contributed by atoms with Gasteiger partial charge < -0.3 is 19.9 Å². The lowest BCUT2D eigenvalue weighted by Crippen LogP contribution is -2.48. The molecule has 0 bridgehead atoms. The van der Waals surface area contributed by atoms with E-state index in [2.05, 4.69) is 21.2 Å². The van der Waals surface area contributed by atoms with Crippen molar-refractivity contribution in [3.8, 4) is 5.75 Å². The Balaban J connectivity index is 1.55. The molecule has 7 heteroatoms. The maximum atomic E-state index is 13.4. The first-order valence-electron chi connectivity index (χ1n) is 11.2. The highest BCUT2D eigenvalue weighted by molar-refractivity contribution is 9.10. The van der Waals surface area contributed by atoms with E-state index in [1.54, 1.807) is 0 Å². The second-order valence-corrected chi connectivity index (χ2v) is 9.07. The molecule has 34 heavy (non-hydrogen) atoms. The Morgan fingerprint density at radius 2 is 1.76 bits per heavy atom. The Morgan fingerprint density at radius 3 is 2.47 bits per heavy atom. The van der Waals surface area contributed by atoms with E-state index in [0.29, 0.717) is 37.6 Å². The SMILES string of the molecule is O=C(NCc1ccccc1)[C@@]1(Cc2ccc(Br)cc2)COC(c2ccc(OCCCO)cc2)=N1. The van der Waals surface area contributed by atoms with Gasteiger partial charge in [0.05, 0.1) is 6.61 Å². The van der Waals surface area contributed by atoms with Crippen LogP contribution in [0.5, 0.6) is 5.75 Å². The second-order valence-electron chi connectivity index (χ2n) is 8.16. The van der Waals surface area contributed by atoms with Crippen LogP contribution >= 0.6 is 15.9 Å². The predicted octanol–water partition coefficient (Wildman–Crippen LogP) is 4.29. The van der Waals surface area contributed by atoms with Gasteiger partial charge in [0.1, 0.15) is 12.4 Å². The van der Waals surface area contributed by atoms with Gasteiger partial charge in [-0.05, 0) is 47.5 Å². The molecule has 1 atom stereocenters. The van der Waals surface area contributed by atoms with Gasteiger partial charge in [0, 0.05) is 36.0 Å². The second kappa shape index (κ2) is 11.3. The molecule has 3 aromatic carbocycles. The third-order valence-electron chi connectivity index (χ3n) is 5.56. The zero-order valence-electron chi connectivity index (χ0n) is 18.7. The molecule has 4 rings (SSSR count). The van der Waals surface area contributed by atoms with E-state index in [4.69, 9.17) is 19.6 Å². The fraction of sp³-hybridized carbons (Fsp3) is 0.259. The predicted molar refractivity (Wildman–Crippen MR) is 135 cm³/mol. The average Bonchev–Trinajstić information content (AvgIpc) is 3.30. The number of aliphatic imine (C=N–C) groups is 1. The number of hydrogen-bond donors (Lipinski definition) is 2. The van der Waals surface area contributed by atoms with Gasteiger partial charge in [-0.3, -0.25) is 4.79 Å². The van der Waals surface area contributed by atoms with Crippen LogP contribution in [0.2, 0.25) is 0 Å². The maximum absolute atomic E-state index is 13.4. The third-order valence-corrected chi connectivity index (χ3v) is 6.09. The lowest BCUT2D eigenvalue weighted by atomic mass is 9.91. The van der Waals surface area contributed by atoms with Crippen molar-refractivity contribution in [2.45, 2.75) is 24.9 Å². The van der Waals surface area contributed by atoms with E-state index >= 15 is 0 Å². The monoisotopic (exact) mass is 522 g/mol. The van der Waals surface area contributed by atoms with Crippen LogP contribution in [0, 0.1) is 0 Å². The van der Waals surface area contributed by atoms with Gasteiger partial charge in [-0.15, -0.1) is 0 Å². The van der Waals surface area contributed by atoms with Crippen LogP contribution in [0.1, 0.15) is 23.1 Å². The summed E-state index contributed by atoms with van der Waals surface area (Å²) >= 11 is 3.46. The summed E-state index contributed by atoms with van der Waals surface area (Å²) in [5, 5.41) is 11.9. The number of carbonyl (C=O) groups is 1. The quantitative estimate of drug-likeness (QED) is 0.389. The summed E-state index contributed by atoms with van der Waals surface area (Å²) in [6.07, 6.45) is 1.00. The van der Waals surface area contributed by atoms with Gasteiger partial charge in [0.2, 0.25) is 5.90 Å². The lowest BCUT2D eigenvalue weighted by Gasteiger charge is -2.23. The number of nitrogens with one attached hydrogen (secondary N) is 1. The molecule has 0 aromatic heterocycles. The maximum Gasteiger partial charge on any atom is 0.252 e. The minimum atomic E-state index is -1.06. The van der Waals surface area contributed by atoms with E-state index < -0.39 is 5.54 Å². The highest BCUT2D eigenvalue weighted by atomic mass is 79.9. The van der Waals surface area contributed by atoms with Crippen LogP contribution in [0.3, 0.4) is 0 Å². The summed E-state index contributed by atoms with van der Waals surface area (Å²) in [5.74, 6) is 0.977. The zero-order chi connectivity index (χ0) is 23.8. The minimum Gasteiger partial charge on any atom is -0.494 e. The molecule has 0 radical (unpaired) electrons. The molecule has 0 aliphatic carbocycles. The van der Waals surface area contributed by atoms with Crippen molar-refractivity contribution < 1.29 is 19.4 Å². The molecule has 0 spiro atoms. The molecule has 1 heterocycles. The molecule has 0 unspecified atom stereocenters. The Kier molecular flexibility index (Phi) is 7.98. The molecule has 0 saturated carbocycles. The fourth-order valence-electron chi connectivity index (χ4n) is 3.71. The molecule has 3 aromatic rings.